The van der Waals surface area contributed by atoms with Gasteiger partial charge in [0.15, 0.2) is 0 Å². The lowest BCUT2D eigenvalue weighted by atomic mass is 9.99. The number of hydrogen-bond donors (Lipinski definition) is 0. The Kier molecular flexibility index (Phi) is 4.56. The molecule has 0 saturated carbocycles. The quantitative estimate of drug-likeness (QED) is 0.753. The van der Waals surface area contributed by atoms with E-state index in [1.807, 2.05) is 6.07 Å². The van der Waals surface area contributed by atoms with Crippen molar-refractivity contribution in [2.45, 2.75) is 44.8 Å². The molecule has 0 bridgehead atoms. The largest absolute Gasteiger partial charge is 0.269 e. The maximum Gasteiger partial charge on any atom is 0.0880 e. The number of rotatable bonds is 5. The third kappa shape index (κ3) is 3.27. The molecule has 1 saturated heterocycles. The lowest BCUT2D eigenvalue weighted by Crippen LogP contribution is -2.21. The van der Waals surface area contributed by atoms with E-state index >= 15 is 0 Å². The summed E-state index contributed by atoms with van der Waals surface area (Å²) >= 11 is 0. The van der Waals surface area contributed by atoms with E-state index in [4.69, 9.17) is 4.84 Å². The summed E-state index contributed by atoms with van der Waals surface area (Å²) in [5.74, 6) is 0. The number of unbranched alkanes of at least 4 members (excludes halogenated alkanes) is 1. The molecule has 2 aromatic rings. The SMILES string of the molecule is CCCC[C@@H]1C[C@H](c2ccccc2)N(c2ccccc2)O1. The van der Waals surface area contributed by atoms with Crippen LogP contribution in [0.15, 0.2) is 60.7 Å². The van der Waals surface area contributed by atoms with Crippen LogP contribution in [0.3, 0.4) is 0 Å². The van der Waals surface area contributed by atoms with Gasteiger partial charge in [-0.3, -0.25) is 4.84 Å². The van der Waals surface area contributed by atoms with Gasteiger partial charge in [-0.1, -0.05) is 68.3 Å². The number of nitrogens with zero attached hydrogens (tertiary/aromatic N) is 1. The average molecular weight is 281 g/mol. The fourth-order valence-corrected chi connectivity index (χ4v) is 2.99. The van der Waals surface area contributed by atoms with Crippen LogP contribution in [0.25, 0.3) is 0 Å². The van der Waals surface area contributed by atoms with Gasteiger partial charge in [0.05, 0.1) is 17.8 Å². The maximum absolute atomic E-state index is 6.25. The number of benzene rings is 2. The fraction of sp³-hybridized carbons (Fsp3) is 0.368. The molecule has 1 fully saturated rings. The van der Waals surface area contributed by atoms with Gasteiger partial charge in [-0.15, -0.1) is 0 Å². The highest BCUT2D eigenvalue weighted by Gasteiger charge is 2.34. The Labute approximate surface area is 127 Å². The molecular weight excluding hydrogens is 258 g/mol. The van der Waals surface area contributed by atoms with E-state index in [-0.39, 0.29) is 0 Å². The first-order valence-electron chi connectivity index (χ1n) is 7.94. The molecule has 0 aliphatic carbocycles. The Morgan fingerprint density at radius 2 is 1.67 bits per heavy atom. The van der Waals surface area contributed by atoms with Gasteiger partial charge in [-0.2, -0.15) is 0 Å². The van der Waals surface area contributed by atoms with Gasteiger partial charge in [0.1, 0.15) is 0 Å². The Morgan fingerprint density at radius 1 is 1.00 bits per heavy atom. The molecule has 2 aromatic carbocycles. The van der Waals surface area contributed by atoms with E-state index in [0.717, 1.165) is 18.5 Å². The van der Waals surface area contributed by atoms with Crippen LogP contribution in [-0.4, -0.2) is 6.10 Å². The Balaban J connectivity index is 1.84. The van der Waals surface area contributed by atoms with Gasteiger partial charge < -0.3 is 0 Å². The second-order valence-corrected chi connectivity index (χ2v) is 5.69. The van der Waals surface area contributed by atoms with Gasteiger partial charge in [-0.05, 0) is 24.1 Å². The molecule has 0 spiro atoms. The number of hydroxylamine groups is 1. The first-order chi connectivity index (χ1) is 10.4. The van der Waals surface area contributed by atoms with Crippen molar-refractivity contribution in [1.82, 2.24) is 0 Å². The van der Waals surface area contributed by atoms with Crippen LogP contribution in [-0.2, 0) is 4.84 Å². The summed E-state index contributed by atoms with van der Waals surface area (Å²) in [5.41, 5.74) is 2.48. The molecule has 2 nitrogen and oxygen atoms in total. The van der Waals surface area contributed by atoms with Crippen LogP contribution in [0.4, 0.5) is 5.69 Å². The molecule has 1 heterocycles. The topological polar surface area (TPSA) is 12.5 Å². The predicted octanol–water partition coefficient (Wildman–Crippen LogP) is 5.13. The maximum atomic E-state index is 6.25. The summed E-state index contributed by atoms with van der Waals surface area (Å²) in [4.78, 5) is 6.25. The van der Waals surface area contributed by atoms with Crippen molar-refractivity contribution in [3.63, 3.8) is 0 Å². The smallest absolute Gasteiger partial charge is 0.0880 e. The average Bonchev–Trinajstić information content (AvgIpc) is 2.99. The van der Waals surface area contributed by atoms with Gasteiger partial charge in [0.25, 0.3) is 0 Å². The molecule has 1 aliphatic heterocycles. The summed E-state index contributed by atoms with van der Waals surface area (Å²) in [6.07, 6.45) is 4.99. The van der Waals surface area contributed by atoms with Crippen LogP contribution in [0.2, 0.25) is 0 Å². The van der Waals surface area contributed by atoms with Crippen LogP contribution >= 0.6 is 0 Å². The summed E-state index contributed by atoms with van der Waals surface area (Å²) < 4.78 is 0. The molecule has 0 amide bonds. The number of para-hydroxylation sites is 1. The Morgan fingerprint density at radius 3 is 2.33 bits per heavy atom. The molecule has 0 radical (unpaired) electrons. The van der Waals surface area contributed by atoms with Crippen molar-refractivity contribution in [3.05, 3.63) is 66.2 Å². The second kappa shape index (κ2) is 6.77. The highest BCUT2D eigenvalue weighted by atomic mass is 16.7. The zero-order valence-corrected chi connectivity index (χ0v) is 12.6. The molecule has 0 unspecified atom stereocenters. The number of anilines is 1. The highest BCUT2D eigenvalue weighted by molar-refractivity contribution is 5.47. The minimum absolute atomic E-state index is 0.315. The normalized spacial score (nSPS) is 21.7. The van der Waals surface area contributed by atoms with Crippen LogP contribution in [0.5, 0.6) is 0 Å². The molecule has 0 N–H and O–H groups in total. The van der Waals surface area contributed by atoms with Crippen molar-refractivity contribution >= 4 is 5.69 Å². The molecule has 1 aliphatic rings. The van der Waals surface area contributed by atoms with E-state index in [1.165, 1.54) is 18.4 Å². The standard InChI is InChI=1S/C19H23NO/c1-2-3-14-18-15-19(16-10-6-4-7-11-16)20(21-18)17-12-8-5-9-13-17/h4-13,18-19H,2-3,14-15H2,1H3/t18-,19-/m1/s1. The third-order valence-electron chi connectivity index (χ3n) is 4.11. The van der Waals surface area contributed by atoms with E-state index in [0.29, 0.717) is 12.1 Å². The molecule has 110 valence electrons. The van der Waals surface area contributed by atoms with Gasteiger partial charge in [0, 0.05) is 6.42 Å². The zero-order valence-electron chi connectivity index (χ0n) is 12.6. The van der Waals surface area contributed by atoms with Crippen molar-refractivity contribution in [1.29, 1.82) is 0 Å². The summed E-state index contributed by atoms with van der Waals surface area (Å²) in [7, 11) is 0. The van der Waals surface area contributed by atoms with Crippen molar-refractivity contribution < 1.29 is 4.84 Å². The second-order valence-electron chi connectivity index (χ2n) is 5.69. The minimum atomic E-state index is 0.315. The number of hydrogen-bond acceptors (Lipinski definition) is 2. The molecule has 0 aromatic heterocycles. The van der Waals surface area contributed by atoms with E-state index in [1.54, 1.807) is 0 Å². The lowest BCUT2D eigenvalue weighted by molar-refractivity contribution is 0.0762. The molecule has 2 atom stereocenters. The zero-order chi connectivity index (χ0) is 14.5. The highest BCUT2D eigenvalue weighted by Crippen LogP contribution is 2.39. The Hall–Kier alpha value is -1.80. The van der Waals surface area contributed by atoms with Crippen molar-refractivity contribution in [3.8, 4) is 0 Å². The van der Waals surface area contributed by atoms with Crippen molar-refractivity contribution in [2.24, 2.45) is 0 Å². The fourth-order valence-electron chi connectivity index (χ4n) is 2.99. The minimum Gasteiger partial charge on any atom is -0.269 e. The molecule has 3 rings (SSSR count). The van der Waals surface area contributed by atoms with E-state index in [9.17, 15) is 0 Å². The first-order valence-corrected chi connectivity index (χ1v) is 7.94. The Bertz CT molecular complexity index is 493. The molecular formula is C19H23NO. The summed E-state index contributed by atoms with van der Waals surface area (Å²) in [6, 6.07) is 21.4. The van der Waals surface area contributed by atoms with Crippen molar-refractivity contribution in [2.75, 3.05) is 5.06 Å². The summed E-state index contributed by atoms with van der Waals surface area (Å²) in [6.45, 7) is 2.23. The molecule has 2 heteroatoms. The van der Waals surface area contributed by atoms with Crippen LogP contribution in [0.1, 0.15) is 44.2 Å². The van der Waals surface area contributed by atoms with E-state index < -0.39 is 0 Å². The lowest BCUT2D eigenvalue weighted by Gasteiger charge is -2.25. The first kappa shape index (κ1) is 14.2. The third-order valence-corrected chi connectivity index (χ3v) is 4.11. The van der Waals surface area contributed by atoms with Crippen LogP contribution < -0.4 is 5.06 Å². The van der Waals surface area contributed by atoms with E-state index in [2.05, 4.69) is 66.6 Å². The monoisotopic (exact) mass is 281 g/mol. The van der Waals surface area contributed by atoms with Crippen LogP contribution in [0, 0.1) is 0 Å². The summed E-state index contributed by atoms with van der Waals surface area (Å²) in [5, 5.41) is 2.11. The molecule has 21 heavy (non-hydrogen) atoms. The van der Waals surface area contributed by atoms with Gasteiger partial charge in [-0.25, -0.2) is 5.06 Å². The predicted molar refractivity (Wildman–Crippen MR) is 87.1 cm³/mol. The van der Waals surface area contributed by atoms with Gasteiger partial charge >= 0.3 is 0 Å². The van der Waals surface area contributed by atoms with Gasteiger partial charge in [0.2, 0.25) is 0 Å².